The fraction of sp³-hybridized carbons (Fsp3) is 0.472. The minimum Gasteiger partial charge on any atom is -0.464 e. The van der Waals surface area contributed by atoms with Crippen molar-refractivity contribution in [2.75, 3.05) is 6.61 Å². The predicted octanol–water partition coefficient (Wildman–Crippen LogP) is 8.10. The van der Waals surface area contributed by atoms with E-state index in [1.165, 1.54) is 15.9 Å². The van der Waals surface area contributed by atoms with E-state index < -0.39 is 22.0 Å². The van der Waals surface area contributed by atoms with Crippen LogP contribution in [0.15, 0.2) is 91.0 Å². The van der Waals surface area contributed by atoms with E-state index in [0.717, 1.165) is 12.8 Å². The van der Waals surface area contributed by atoms with Crippen LogP contribution in [0.5, 0.6) is 0 Å². The maximum Gasteiger partial charge on any atom is 0.311 e. The lowest BCUT2D eigenvalue weighted by Crippen LogP contribution is -2.70. The number of benzene rings is 3. The zero-order chi connectivity index (χ0) is 30.1. The van der Waals surface area contributed by atoms with E-state index in [2.05, 4.69) is 132 Å². The minimum absolute atomic E-state index is 0.0689. The van der Waals surface area contributed by atoms with Crippen LogP contribution in [-0.4, -0.2) is 29.2 Å². The predicted molar refractivity (Wildman–Crippen MR) is 177 cm³/mol. The van der Waals surface area contributed by atoms with Crippen LogP contribution in [0.2, 0.25) is 23.7 Å². The minimum atomic E-state index is -2.69. The summed E-state index contributed by atoms with van der Waals surface area (Å²) in [5, 5.41) is 2.59. The summed E-state index contributed by atoms with van der Waals surface area (Å²) in [6, 6.07) is 32.7. The van der Waals surface area contributed by atoms with E-state index in [1.54, 1.807) is 0 Å². The van der Waals surface area contributed by atoms with Crippen LogP contribution < -0.4 is 10.4 Å². The highest BCUT2D eigenvalue weighted by molar-refractivity contribution is 7.04. The molecule has 3 aromatic rings. The number of carbonyl (C=O) groups excluding carboxylic acids is 1. The zero-order valence-electron chi connectivity index (χ0n) is 26.7. The van der Waals surface area contributed by atoms with Gasteiger partial charge in [0, 0.05) is 5.41 Å². The third kappa shape index (κ3) is 6.33. The maximum absolute atomic E-state index is 12.9. The van der Waals surface area contributed by atoms with Gasteiger partial charge in [-0.3, -0.25) is 4.79 Å². The summed E-state index contributed by atoms with van der Waals surface area (Å²) in [4.78, 5) is 12.9. The van der Waals surface area contributed by atoms with Crippen molar-refractivity contribution in [3.05, 3.63) is 96.6 Å². The van der Waals surface area contributed by atoms with E-state index >= 15 is 0 Å². The highest BCUT2D eigenvalue weighted by atomic mass is 28.4. The maximum atomic E-state index is 12.9. The van der Waals surface area contributed by atoms with Crippen LogP contribution in [0, 0.1) is 11.3 Å². The lowest BCUT2D eigenvalue weighted by molar-refractivity contribution is -0.155. The number of ether oxygens (including phenoxy) is 1. The van der Waals surface area contributed by atoms with Gasteiger partial charge in [0.2, 0.25) is 0 Å². The first-order valence-electron chi connectivity index (χ1n) is 15.2. The Bertz CT molecular complexity index is 1250. The van der Waals surface area contributed by atoms with E-state index in [0.29, 0.717) is 18.1 Å². The van der Waals surface area contributed by atoms with Gasteiger partial charge in [-0.25, -0.2) is 0 Å². The summed E-state index contributed by atoms with van der Waals surface area (Å²) in [5.74, 6) is 0.312. The number of hydrogen-bond acceptors (Lipinski definition) is 3. The number of carbonyl (C=O) groups is 1. The Kier molecular flexibility index (Phi) is 8.95. The SMILES string of the molecule is C[C@H]1C[C@](COC(=O)C(C)(C)C)(c2ccccc2)C[C@@H]1[Si](C)(C)O[Si](c1ccccc1)(c1ccccc1)C(C)(C)C. The number of esters is 1. The second-order valence-electron chi connectivity index (χ2n) is 14.8. The molecule has 0 heterocycles. The molecule has 0 unspecified atom stereocenters. The van der Waals surface area contributed by atoms with Crippen molar-refractivity contribution in [1.29, 1.82) is 0 Å². The summed E-state index contributed by atoms with van der Waals surface area (Å²) in [6.45, 7) is 20.6. The summed E-state index contributed by atoms with van der Waals surface area (Å²) in [6.07, 6.45) is 1.95. The van der Waals surface area contributed by atoms with E-state index in [1.807, 2.05) is 20.8 Å². The topological polar surface area (TPSA) is 35.5 Å². The van der Waals surface area contributed by atoms with E-state index in [-0.39, 0.29) is 16.4 Å². The molecule has 3 atom stereocenters. The monoisotopic (exact) mass is 586 g/mol. The molecule has 3 aromatic carbocycles. The van der Waals surface area contributed by atoms with Crippen LogP contribution in [-0.2, 0) is 19.1 Å². The Hall–Kier alpha value is -2.48. The molecule has 1 fully saturated rings. The number of hydrogen-bond donors (Lipinski definition) is 0. The standard InChI is InChI=1S/C36H50O3Si2/c1-28-25-36(29-19-13-10-14-20-29,27-38-33(37)34(2,3)4)26-32(28)40(8,9)39-41(35(5,6)7,30-21-15-11-16-22-30)31-23-17-12-18-24-31/h10-24,28,32H,25-27H2,1-9H3/t28-,32-,36-/m0/s1. The fourth-order valence-electron chi connectivity index (χ4n) is 7.16. The quantitative estimate of drug-likeness (QED) is 0.198. The average molecular weight is 587 g/mol. The van der Waals surface area contributed by atoms with Crippen molar-refractivity contribution < 1.29 is 13.6 Å². The van der Waals surface area contributed by atoms with E-state index in [4.69, 9.17) is 8.85 Å². The van der Waals surface area contributed by atoms with Gasteiger partial charge in [0.25, 0.3) is 8.32 Å². The molecule has 1 saturated carbocycles. The normalized spacial score (nSPS) is 22.0. The van der Waals surface area contributed by atoms with Crippen LogP contribution in [0.25, 0.3) is 0 Å². The molecule has 0 aromatic heterocycles. The Morgan fingerprint density at radius 1 is 0.780 bits per heavy atom. The van der Waals surface area contributed by atoms with Crippen LogP contribution >= 0.6 is 0 Å². The summed E-state index contributed by atoms with van der Waals surface area (Å²) in [5.41, 5.74) is 0.941. The first-order valence-corrected chi connectivity index (χ1v) is 20.1. The molecule has 0 aliphatic heterocycles. The summed E-state index contributed by atoms with van der Waals surface area (Å²) >= 11 is 0. The molecule has 0 bridgehead atoms. The highest BCUT2D eigenvalue weighted by Gasteiger charge is 2.58. The largest absolute Gasteiger partial charge is 0.464 e. The number of rotatable bonds is 8. The molecular formula is C36H50O3Si2. The smallest absolute Gasteiger partial charge is 0.311 e. The van der Waals surface area contributed by atoms with Crippen molar-refractivity contribution in [2.45, 2.75) is 90.4 Å². The van der Waals surface area contributed by atoms with Crippen molar-refractivity contribution in [2.24, 2.45) is 11.3 Å². The Morgan fingerprint density at radius 2 is 1.24 bits per heavy atom. The van der Waals surface area contributed by atoms with Crippen molar-refractivity contribution >= 4 is 33.0 Å². The van der Waals surface area contributed by atoms with Gasteiger partial charge < -0.3 is 8.85 Å². The molecule has 0 radical (unpaired) electrons. The summed E-state index contributed by atoms with van der Waals surface area (Å²) in [7, 11) is -5.03. The van der Waals surface area contributed by atoms with Crippen LogP contribution in [0.1, 0.15) is 66.9 Å². The molecule has 3 nitrogen and oxygen atoms in total. The highest BCUT2D eigenvalue weighted by Crippen LogP contribution is 2.55. The lowest BCUT2D eigenvalue weighted by atomic mass is 9.79. The second kappa shape index (κ2) is 11.7. The van der Waals surface area contributed by atoms with E-state index in [9.17, 15) is 4.79 Å². The van der Waals surface area contributed by atoms with Crippen molar-refractivity contribution in [1.82, 2.24) is 0 Å². The van der Waals surface area contributed by atoms with Crippen molar-refractivity contribution in [3.8, 4) is 0 Å². The molecule has 0 N–H and O–H groups in total. The molecule has 220 valence electrons. The molecule has 0 spiro atoms. The van der Waals surface area contributed by atoms with Gasteiger partial charge in [-0.2, -0.15) is 0 Å². The Morgan fingerprint density at radius 3 is 1.68 bits per heavy atom. The molecule has 1 aliphatic rings. The van der Waals surface area contributed by atoms with Gasteiger partial charge in [0.1, 0.15) is 6.61 Å². The fourth-order valence-corrected chi connectivity index (χ4v) is 18.9. The Labute approximate surface area is 251 Å². The molecule has 0 amide bonds. The molecule has 4 rings (SSSR count). The van der Waals surface area contributed by atoms with Crippen LogP contribution in [0.3, 0.4) is 0 Å². The third-order valence-corrected chi connectivity index (χ3v) is 19.5. The van der Waals surface area contributed by atoms with Gasteiger partial charge in [0.15, 0.2) is 8.32 Å². The third-order valence-electron chi connectivity index (χ3n) is 9.21. The van der Waals surface area contributed by atoms with Crippen molar-refractivity contribution in [3.63, 3.8) is 0 Å². The molecule has 1 aliphatic carbocycles. The molecule has 41 heavy (non-hydrogen) atoms. The zero-order valence-corrected chi connectivity index (χ0v) is 28.7. The van der Waals surface area contributed by atoms with Crippen LogP contribution in [0.4, 0.5) is 0 Å². The van der Waals surface area contributed by atoms with Gasteiger partial charge in [-0.1, -0.05) is 119 Å². The lowest BCUT2D eigenvalue weighted by Gasteiger charge is -2.49. The van der Waals surface area contributed by atoms with Gasteiger partial charge in [0.05, 0.1) is 5.41 Å². The Balaban J connectivity index is 1.77. The van der Waals surface area contributed by atoms with Gasteiger partial charge >= 0.3 is 5.97 Å². The van der Waals surface area contributed by atoms with Gasteiger partial charge in [-0.15, -0.1) is 0 Å². The van der Waals surface area contributed by atoms with Gasteiger partial charge in [-0.05, 0) is 79.1 Å². The molecule has 5 heteroatoms. The first-order chi connectivity index (χ1) is 19.1. The first kappa shape index (κ1) is 31.5. The summed E-state index contributed by atoms with van der Waals surface area (Å²) < 4.78 is 14.0. The average Bonchev–Trinajstić information content (AvgIpc) is 3.29. The molecular weight excluding hydrogens is 537 g/mol. The second-order valence-corrected chi connectivity index (χ2v) is 23.6. The molecule has 0 saturated heterocycles.